The second-order valence-corrected chi connectivity index (χ2v) is 11.9. The molecule has 1 fully saturated rings. The second kappa shape index (κ2) is 11.6. The van der Waals surface area contributed by atoms with Crippen molar-refractivity contribution in [2.45, 2.75) is 29.7 Å². The van der Waals surface area contributed by atoms with Crippen molar-refractivity contribution in [1.29, 1.82) is 0 Å². The van der Waals surface area contributed by atoms with Crippen molar-refractivity contribution in [3.8, 4) is 0 Å². The molecule has 4 heterocycles. The molecule has 2 aliphatic heterocycles. The molecule has 44 heavy (non-hydrogen) atoms. The summed E-state index contributed by atoms with van der Waals surface area (Å²) >= 11 is 1.91. The molecule has 2 aromatic heterocycles. The number of anilines is 2. The van der Waals surface area contributed by atoms with Crippen LogP contribution in [0.2, 0.25) is 0 Å². The lowest BCUT2D eigenvalue weighted by Crippen LogP contribution is -2.32. The number of ether oxygens (including phenoxy) is 1. The van der Waals surface area contributed by atoms with Gasteiger partial charge in [-0.1, -0.05) is 23.1 Å². The van der Waals surface area contributed by atoms with Crippen LogP contribution < -0.4 is 15.1 Å². The number of rotatable bonds is 8. The Balaban J connectivity index is 1.30. The van der Waals surface area contributed by atoms with Gasteiger partial charge in [-0.2, -0.15) is 0 Å². The van der Waals surface area contributed by atoms with E-state index in [2.05, 4.69) is 5.32 Å². The number of nitro benzene ring substituents is 1. The summed E-state index contributed by atoms with van der Waals surface area (Å²) in [7, 11) is 0. The Hall–Kier alpha value is -5.02. The molecule has 4 aromatic rings. The van der Waals surface area contributed by atoms with Gasteiger partial charge < -0.3 is 14.5 Å². The number of thiazole rings is 1. The summed E-state index contributed by atoms with van der Waals surface area (Å²) in [5.41, 5.74) is 0.721. The van der Waals surface area contributed by atoms with Gasteiger partial charge >= 0.3 is 10.8 Å². The third-order valence-electron chi connectivity index (χ3n) is 7.20. The zero-order valence-corrected chi connectivity index (χ0v) is 24.5. The molecule has 15 heteroatoms. The zero-order valence-electron chi connectivity index (χ0n) is 22.8. The van der Waals surface area contributed by atoms with Crippen LogP contribution in [0.15, 0.2) is 81.2 Å². The number of hydrogen-bond acceptors (Lipinski definition) is 11. The third kappa shape index (κ3) is 5.09. The first-order valence-corrected chi connectivity index (χ1v) is 15.0. The molecule has 1 saturated heterocycles. The van der Waals surface area contributed by atoms with Crippen molar-refractivity contribution in [2.24, 2.45) is 5.92 Å². The first kappa shape index (κ1) is 29.1. The summed E-state index contributed by atoms with van der Waals surface area (Å²) < 4.78 is 11.9. The summed E-state index contributed by atoms with van der Waals surface area (Å²) in [6.07, 6.45) is 1.43. The number of furan rings is 1. The SMILES string of the molecule is CCOC(=O)c1ccc(NC(=O)Cn2c3c(sc2=O)C(c2ccco2)C2C(=O)N(c4ccc([N+](=O)[O-])cc4)C(=O)C2S3)cc1. The number of aromatic nitrogens is 1. The van der Waals surface area contributed by atoms with Gasteiger partial charge in [-0.25, -0.2) is 9.69 Å². The van der Waals surface area contributed by atoms with Gasteiger partial charge in [-0.3, -0.25) is 33.9 Å². The van der Waals surface area contributed by atoms with Gasteiger partial charge in [0.05, 0.1) is 50.8 Å². The number of amides is 3. The van der Waals surface area contributed by atoms with Gasteiger partial charge in [0.25, 0.3) is 5.69 Å². The van der Waals surface area contributed by atoms with Crippen molar-refractivity contribution in [1.82, 2.24) is 4.57 Å². The molecule has 3 unspecified atom stereocenters. The topological polar surface area (TPSA) is 171 Å². The lowest BCUT2D eigenvalue weighted by molar-refractivity contribution is -0.384. The Morgan fingerprint density at radius 2 is 1.77 bits per heavy atom. The van der Waals surface area contributed by atoms with Crippen LogP contribution in [0, 0.1) is 16.0 Å². The minimum absolute atomic E-state index is 0.187. The molecule has 3 amide bonds. The van der Waals surface area contributed by atoms with E-state index in [9.17, 15) is 34.1 Å². The first-order valence-electron chi connectivity index (χ1n) is 13.3. The first-order chi connectivity index (χ1) is 21.2. The lowest BCUT2D eigenvalue weighted by atomic mass is 9.87. The zero-order chi connectivity index (χ0) is 31.1. The predicted molar refractivity (Wildman–Crippen MR) is 159 cm³/mol. The van der Waals surface area contributed by atoms with E-state index >= 15 is 0 Å². The molecule has 224 valence electrons. The molecule has 2 aromatic carbocycles. The van der Waals surface area contributed by atoms with Crippen LogP contribution in [0.5, 0.6) is 0 Å². The number of fused-ring (bicyclic) bond motifs is 2. The van der Waals surface area contributed by atoms with Gasteiger partial charge in [0.15, 0.2) is 0 Å². The highest BCUT2D eigenvalue weighted by atomic mass is 32.2. The van der Waals surface area contributed by atoms with Crippen molar-refractivity contribution in [2.75, 3.05) is 16.8 Å². The molecule has 0 aliphatic carbocycles. The maximum Gasteiger partial charge on any atom is 0.338 e. The molecule has 0 spiro atoms. The van der Waals surface area contributed by atoms with Gasteiger partial charge in [-0.15, -0.1) is 0 Å². The molecule has 3 atom stereocenters. The number of esters is 1. The number of benzene rings is 2. The van der Waals surface area contributed by atoms with Crippen LogP contribution >= 0.6 is 23.1 Å². The van der Waals surface area contributed by atoms with E-state index < -0.39 is 50.6 Å². The highest BCUT2D eigenvalue weighted by molar-refractivity contribution is 8.00. The number of nitrogens with zero attached hydrogens (tertiary/aromatic N) is 3. The minimum atomic E-state index is -0.945. The van der Waals surface area contributed by atoms with Crippen molar-refractivity contribution >= 4 is 63.9 Å². The predicted octanol–water partition coefficient (Wildman–Crippen LogP) is 4.02. The van der Waals surface area contributed by atoms with E-state index in [-0.39, 0.29) is 24.5 Å². The van der Waals surface area contributed by atoms with E-state index in [4.69, 9.17) is 9.15 Å². The number of nitrogens with one attached hydrogen (secondary N) is 1. The summed E-state index contributed by atoms with van der Waals surface area (Å²) in [4.78, 5) is 77.3. The molecule has 1 N–H and O–H groups in total. The number of thioether (sulfide) groups is 1. The van der Waals surface area contributed by atoms with Crippen LogP contribution in [0.25, 0.3) is 0 Å². The molecule has 0 bridgehead atoms. The Labute approximate surface area is 256 Å². The summed E-state index contributed by atoms with van der Waals surface area (Å²) in [6, 6.07) is 14.5. The fourth-order valence-electron chi connectivity index (χ4n) is 5.26. The number of imide groups is 1. The Morgan fingerprint density at radius 1 is 1.05 bits per heavy atom. The highest BCUT2D eigenvalue weighted by Crippen LogP contribution is 2.54. The third-order valence-corrected chi connectivity index (χ3v) is 9.80. The minimum Gasteiger partial charge on any atom is -0.469 e. The van der Waals surface area contributed by atoms with Gasteiger partial charge in [0, 0.05) is 17.8 Å². The fraction of sp³-hybridized carbons (Fsp3) is 0.207. The molecule has 6 rings (SSSR count). The second-order valence-electron chi connectivity index (χ2n) is 9.81. The van der Waals surface area contributed by atoms with Crippen LogP contribution in [0.1, 0.15) is 33.8 Å². The van der Waals surface area contributed by atoms with Gasteiger partial charge in [0.2, 0.25) is 17.7 Å². The monoisotopic (exact) mass is 634 g/mol. The summed E-state index contributed by atoms with van der Waals surface area (Å²) in [6.45, 7) is 1.56. The van der Waals surface area contributed by atoms with Crippen molar-refractivity contribution in [3.63, 3.8) is 0 Å². The van der Waals surface area contributed by atoms with E-state index in [1.165, 1.54) is 59.4 Å². The number of hydrogen-bond donors (Lipinski definition) is 1. The molecule has 0 saturated carbocycles. The fourth-order valence-corrected chi connectivity index (χ4v) is 8.01. The molecule has 2 aliphatic rings. The van der Waals surface area contributed by atoms with E-state index in [1.54, 1.807) is 19.1 Å². The van der Waals surface area contributed by atoms with Crippen LogP contribution in [0.4, 0.5) is 17.1 Å². The smallest absolute Gasteiger partial charge is 0.338 e. The number of carbonyl (C=O) groups is 4. The number of carbonyl (C=O) groups excluding carboxylic acids is 4. The molecular formula is C29H22N4O9S2. The molecule has 0 radical (unpaired) electrons. The largest absolute Gasteiger partial charge is 0.469 e. The maximum atomic E-state index is 13.8. The van der Waals surface area contributed by atoms with E-state index in [1.807, 2.05) is 0 Å². The average molecular weight is 635 g/mol. The van der Waals surface area contributed by atoms with Crippen LogP contribution in [0.3, 0.4) is 0 Å². The molecular weight excluding hydrogens is 612 g/mol. The van der Waals surface area contributed by atoms with E-state index in [0.717, 1.165) is 28.0 Å². The van der Waals surface area contributed by atoms with Gasteiger partial charge in [-0.05, 0) is 55.5 Å². The van der Waals surface area contributed by atoms with Crippen molar-refractivity contribution in [3.05, 3.63) is 103 Å². The summed E-state index contributed by atoms with van der Waals surface area (Å²) in [5, 5.41) is 13.2. The Bertz CT molecular complexity index is 1850. The highest BCUT2D eigenvalue weighted by Gasteiger charge is 2.57. The Morgan fingerprint density at radius 3 is 2.41 bits per heavy atom. The van der Waals surface area contributed by atoms with Gasteiger partial charge in [0.1, 0.15) is 17.6 Å². The Kier molecular flexibility index (Phi) is 7.65. The maximum absolute atomic E-state index is 13.8. The molecule has 13 nitrogen and oxygen atoms in total. The number of nitro groups is 1. The standard InChI is InChI=1S/C29H22N4O9S2/c1-2-41-28(37)15-5-7-16(8-6-15)30-20(34)14-31-27-24(44-29(31)38)21(19-4-3-13-42-19)22-23(43-27)26(36)32(25(22)35)17-9-11-18(12-10-17)33(39)40/h3-13,21-23H,2,14H2,1H3,(H,30,34). The van der Waals surface area contributed by atoms with Crippen molar-refractivity contribution < 1.29 is 33.3 Å². The number of non-ortho nitro benzene ring substituents is 1. The lowest BCUT2D eigenvalue weighted by Gasteiger charge is -2.29. The normalized spacial score (nSPS) is 18.9. The van der Waals surface area contributed by atoms with E-state index in [0.29, 0.717) is 26.9 Å². The quantitative estimate of drug-likeness (QED) is 0.129. The van der Waals surface area contributed by atoms with Crippen LogP contribution in [-0.2, 0) is 25.7 Å². The van der Waals surface area contributed by atoms with Crippen LogP contribution in [-0.4, -0.2) is 45.0 Å². The summed E-state index contributed by atoms with van der Waals surface area (Å²) in [5.74, 6) is -3.39. The average Bonchev–Trinajstić information content (AvgIpc) is 3.70.